The Balaban J connectivity index is 0. The Kier molecular flexibility index (Phi) is 160. The van der Waals surface area contributed by atoms with Crippen molar-refractivity contribution in [1.29, 1.82) is 0 Å². The van der Waals surface area contributed by atoms with E-state index in [0.29, 0.717) is 0 Å². The van der Waals surface area contributed by atoms with E-state index in [1.807, 2.05) is 0 Å². The van der Waals surface area contributed by atoms with Crippen LogP contribution in [-0.2, 0) is 47.9 Å². The molecule has 0 aromatic heterocycles. The van der Waals surface area contributed by atoms with Crippen LogP contribution in [-0.4, -0.2) is 51.2 Å². The summed E-state index contributed by atoms with van der Waals surface area (Å²) in [4.78, 5) is 0. The van der Waals surface area contributed by atoms with Gasteiger partial charge in [0.1, 0.15) is 0 Å². The Morgan fingerprint density at radius 3 is 1.00 bits per heavy atom. The molecule has 0 bridgehead atoms. The van der Waals surface area contributed by atoms with Crippen molar-refractivity contribution in [2.24, 2.45) is 0 Å². The summed E-state index contributed by atoms with van der Waals surface area (Å²) < 4.78 is 0. The summed E-state index contributed by atoms with van der Waals surface area (Å²) in [5.74, 6) is 0. The van der Waals surface area contributed by atoms with Gasteiger partial charge < -0.3 is 0 Å². The van der Waals surface area contributed by atoms with Crippen LogP contribution in [0.15, 0.2) is 0 Å². The monoisotopic (exact) mass is 609 g/mol. The van der Waals surface area contributed by atoms with E-state index < -0.39 is 0 Å². The molecule has 5 heteroatoms. The molecule has 0 saturated carbocycles. The molecule has 0 fully saturated rings. The van der Waals surface area contributed by atoms with E-state index in [0.717, 1.165) is 0 Å². The first-order chi connectivity index (χ1) is 0. The molecule has 0 N–H and O–H groups in total. The van der Waals surface area contributed by atoms with Gasteiger partial charge in [-0.05, 0) is 0 Å². The number of hydrogen-bond acceptors (Lipinski definition) is 0. The van der Waals surface area contributed by atoms with Crippen LogP contribution in [0.1, 0.15) is 0 Å². The minimum Gasteiger partial charge on any atom is 0 e. The molecule has 5 heavy (non-hydrogen) atoms. The maximum Gasteiger partial charge on any atom is 0 e. The van der Waals surface area contributed by atoms with Gasteiger partial charge in [0.15, 0.2) is 0 Å². The summed E-state index contributed by atoms with van der Waals surface area (Å²) in [6.45, 7) is 0. The second-order valence-corrected chi connectivity index (χ2v) is 0. The predicted molar refractivity (Wildman–Crippen MR) is 17.1 cm³/mol. The minimum absolute atomic E-state index is 0. The van der Waals surface area contributed by atoms with Crippen molar-refractivity contribution in [1.82, 2.24) is 0 Å². The Bertz CT molecular complexity index is 11.6. The first-order valence-electron chi connectivity index (χ1n) is 0. The van der Waals surface area contributed by atoms with Crippen molar-refractivity contribution in [3.63, 3.8) is 0 Å². The maximum atomic E-state index is 0. The van der Waals surface area contributed by atoms with Crippen molar-refractivity contribution in [3.05, 3.63) is 0 Å². The fraction of sp³-hybridized carbons (Fsp3) is 0. The molecule has 0 spiro atoms. The number of rotatable bonds is 0. The molecule has 0 amide bonds. The fourth-order valence-electron chi connectivity index (χ4n) is 0. The second-order valence-electron chi connectivity index (χ2n) is 0. The van der Waals surface area contributed by atoms with Gasteiger partial charge in [-0.3, -0.25) is 0 Å². The van der Waals surface area contributed by atoms with Gasteiger partial charge in [-0.1, -0.05) is 0 Å². The SMILES string of the molecule is [La].[PbH2].[SnH2].[Ti].[Zr]. The van der Waals surface area contributed by atoms with E-state index in [-0.39, 0.29) is 135 Å². The molecule has 0 saturated heterocycles. The molecule has 0 aromatic rings. The molecule has 23 valence electrons. The Morgan fingerprint density at radius 1 is 1.00 bits per heavy atom. The van der Waals surface area contributed by atoms with Crippen LogP contribution in [0.25, 0.3) is 0 Å². The van der Waals surface area contributed by atoms with Gasteiger partial charge in [0.25, 0.3) is 0 Å². The van der Waals surface area contributed by atoms with E-state index in [1.165, 1.54) is 0 Å². The molecule has 0 nitrogen and oxygen atoms in total. The normalized spacial score (nSPS) is 0. The average molecular weight is 608 g/mol. The van der Waals surface area contributed by atoms with Gasteiger partial charge in [-0.25, -0.2) is 0 Å². The molecular formula is H4LaPbSnTiZr. The standard InChI is InChI=1S/La.Pb.Sn.Ti.Zr.4H. The molecule has 0 unspecified atom stereocenters. The third-order valence-corrected chi connectivity index (χ3v) is 0. The van der Waals surface area contributed by atoms with Crippen LogP contribution in [0.3, 0.4) is 0 Å². The summed E-state index contributed by atoms with van der Waals surface area (Å²) in [5, 5.41) is 0. The van der Waals surface area contributed by atoms with Crippen molar-refractivity contribution in [2.75, 3.05) is 0 Å². The van der Waals surface area contributed by atoms with E-state index in [9.17, 15) is 0 Å². The van der Waals surface area contributed by atoms with Crippen LogP contribution in [0.5, 0.6) is 0 Å². The van der Waals surface area contributed by atoms with Gasteiger partial charge in [0.05, 0.1) is 0 Å². The summed E-state index contributed by atoms with van der Waals surface area (Å²) >= 11 is 0. The summed E-state index contributed by atoms with van der Waals surface area (Å²) in [7, 11) is 0. The van der Waals surface area contributed by atoms with Gasteiger partial charge in [-0.15, -0.1) is 0 Å². The molecule has 0 atom stereocenters. The van der Waals surface area contributed by atoms with Gasteiger partial charge in [0, 0.05) is 83.5 Å². The third-order valence-electron chi connectivity index (χ3n) is 0. The molecule has 0 aliphatic carbocycles. The van der Waals surface area contributed by atoms with E-state index in [4.69, 9.17) is 0 Å². The largest absolute Gasteiger partial charge is 0 e. The molecule has 0 heterocycles. The molecular weight excluding hydrogens is 604 g/mol. The van der Waals surface area contributed by atoms with Crippen LogP contribution >= 0.6 is 0 Å². The zero-order valence-corrected chi connectivity index (χ0v) is 20.2. The third kappa shape index (κ3) is 17.7. The minimum atomic E-state index is 0. The topological polar surface area (TPSA) is 0 Å². The first-order valence-corrected chi connectivity index (χ1v) is 0. The quantitative estimate of drug-likeness (QED) is 0.284. The summed E-state index contributed by atoms with van der Waals surface area (Å²) in [5.41, 5.74) is 0. The molecule has 0 aliphatic heterocycles. The van der Waals surface area contributed by atoms with Crippen molar-refractivity contribution in [2.45, 2.75) is 0 Å². The van der Waals surface area contributed by atoms with Crippen molar-refractivity contribution < 1.29 is 83.5 Å². The van der Waals surface area contributed by atoms with Crippen LogP contribution in [0.4, 0.5) is 0 Å². The van der Waals surface area contributed by atoms with E-state index in [1.54, 1.807) is 0 Å². The van der Waals surface area contributed by atoms with Crippen molar-refractivity contribution in [3.8, 4) is 0 Å². The molecule has 0 aromatic carbocycles. The van der Waals surface area contributed by atoms with Gasteiger partial charge in [0.2, 0.25) is 0 Å². The van der Waals surface area contributed by atoms with Gasteiger partial charge >= 0.3 is 51.2 Å². The second kappa shape index (κ2) is 23.6. The van der Waals surface area contributed by atoms with Crippen LogP contribution in [0, 0.1) is 35.6 Å². The summed E-state index contributed by atoms with van der Waals surface area (Å²) in [6, 6.07) is 0. The summed E-state index contributed by atoms with van der Waals surface area (Å²) in [6.07, 6.45) is 0. The predicted octanol–water partition coefficient (Wildman–Crippen LogP) is -1.84. The Hall–Kier alpha value is 4.51. The Labute approximate surface area is 131 Å². The molecule has 0 aliphatic rings. The first kappa shape index (κ1) is 33.8. The Morgan fingerprint density at radius 2 is 1.00 bits per heavy atom. The maximum absolute atomic E-state index is 0. The van der Waals surface area contributed by atoms with Crippen LogP contribution in [0.2, 0.25) is 0 Å². The molecule has 5 radical (unpaired) electrons. The zero-order chi connectivity index (χ0) is 0. The zero-order valence-electron chi connectivity index (χ0n) is 2.99. The van der Waals surface area contributed by atoms with Crippen LogP contribution < -0.4 is 0 Å². The average Bonchev–Trinajstić information content (AvgIpc) is 0. The fourth-order valence-corrected chi connectivity index (χ4v) is 0. The van der Waals surface area contributed by atoms with E-state index in [2.05, 4.69) is 0 Å². The smallest absolute Gasteiger partial charge is 0 e. The van der Waals surface area contributed by atoms with E-state index >= 15 is 0 Å². The van der Waals surface area contributed by atoms with Crippen molar-refractivity contribution >= 4 is 51.2 Å². The molecule has 0 rings (SSSR count). The van der Waals surface area contributed by atoms with Gasteiger partial charge in [-0.2, -0.15) is 0 Å². The number of hydrogen-bond donors (Lipinski definition) is 0.